The smallest absolute Gasteiger partial charge is 0.372 e. The van der Waals surface area contributed by atoms with Gasteiger partial charge >= 0.3 is 6.18 Å². The lowest BCUT2D eigenvalue weighted by atomic mass is 9.91. The van der Waals surface area contributed by atoms with Crippen LogP contribution < -0.4 is 5.32 Å². The van der Waals surface area contributed by atoms with Crippen LogP contribution in [0.5, 0.6) is 0 Å². The zero-order chi connectivity index (χ0) is 24.2. The van der Waals surface area contributed by atoms with Gasteiger partial charge in [0.05, 0.1) is 5.92 Å². The fraction of sp³-hybridized carbons (Fsp3) is 0.250. The Balaban J connectivity index is 1.68. The van der Waals surface area contributed by atoms with Crippen molar-refractivity contribution in [2.24, 2.45) is 0 Å². The molecule has 33 heavy (non-hydrogen) atoms. The van der Waals surface area contributed by atoms with Crippen LogP contribution in [-0.4, -0.2) is 16.1 Å². The van der Waals surface area contributed by atoms with E-state index in [0.717, 1.165) is 22.3 Å². The number of hydrogen-bond acceptors (Lipinski definition) is 2. The van der Waals surface area contributed by atoms with Crippen LogP contribution in [-0.2, 0) is 13.0 Å². The molecule has 1 unspecified atom stereocenters. The van der Waals surface area contributed by atoms with Gasteiger partial charge in [-0.15, -0.1) is 0 Å². The standard InChI is InChI=1S/C24H20Cl3F3N2S/c1-14-8-15(2-5-20(14)23(33)32-13-16-4-7-22(27)31-12-16)3-6-21(24(28,29)30)17-9-18(25)11-19(26)10-17/h2,4-5,7-12,21H,3,6,13H2,1H3,(H,32,33). The number of thiocarbonyl (C=S) groups is 1. The molecule has 9 heteroatoms. The molecule has 0 fully saturated rings. The van der Waals surface area contributed by atoms with E-state index in [9.17, 15) is 13.2 Å². The Morgan fingerprint density at radius 3 is 2.24 bits per heavy atom. The van der Waals surface area contributed by atoms with Crippen LogP contribution in [0.2, 0.25) is 15.2 Å². The van der Waals surface area contributed by atoms with Crippen molar-refractivity contribution < 1.29 is 13.2 Å². The Bertz CT molecular complexity index is 1110. The largest absolute Gasteiger partial charge is 0.395 e. The SMILES string of the molecule is Cc1cc(CCC(c2cc(Cl)cc(Cl)c2)C(F)(F)F)ccc1C(=S)NCc1ccc(Cl)nc1. The number of halogens is 6. The molecule has 1 aromatic heterocycles. The first-order chi connectivity index (χ1) is 15.5. The molecule has 0 radical (unpaired) electrons. The van der Waals surface area contributed by atoms with E-state index >= 15 is 0 Å². The lowest BCUT2D eigenvalue weighted by molar-refractivity contribution is -0.151. The second-order valence-electron chi connectivity index (χ2n) is 7.66. The summed E-state index contributed by atoms with van der Waals surface area (Å²) in [5.41, 5.74) is 3.49. The summed E-state index contributed by atoms with van der Waals surface area (Å²) in [5.74, 6) is -1.66. The summed E-state index contributed by atoms with van der Waals surface area (Å²) >= 11 is 23.1. The van der Waals surface area contributed by atoms with E-state index in [4.69, 9.17) is 47.0 Å². The normalized spacial score (nSPS) is 12.5. The summed E-state index contributed by atoms with van der Waals surface area (Å²) in [5, 5.41) is 3.95. The van der Waals surface area contributed by atoms with Crippen LogP contribution in [0.3, 0.4) is 0 Å². The molecule has 0 saturated heterocycles. The number of rotatable bonds is 7. The first kappa shape index (κ1) is 25.8. The number of nitrogens with one attached hydrogen (secondary N) is 1. The summed E-state index contributed by atoms with van der Waals surface area (Å²) in [6.07, 6.45) is -2.62. The molecule has 0 amide bonds. The van der Waals surface area contributed by atoms with Gasteiger partial charge in [-0.1, -0.05) is 71.3 Å². The first-order valence-corrected chi connectivity index (χ1v) is 11.6. The van der Waals surface area contributed by atoms with Crippen molar-refractivity contribution in [1.82, 2.24) is 10.3 Å². The summed E-state index contributed by atoms with van der Waals surface area (Å²) in [7, 11) is 0. The van der Waals surface area contributed by atoms with Crippen LogP contribution in [0.4, 0.5) is 13.2 Å². The third-order valence-electron chi connectivity index (χ3n) is 5.18. The van der Waals surface area contributed by atoms with Gasteiger partial charge in [-0.2, -0.15) is 13.2 Å². The fourth-order valence-corrected chi connectivity index (χ4v) is 4.49. The van der Waals surface area contributed by atoms with Crippen molar-refractivity contribution in [2.75, 3.05) is 0 Å². The maximum absolute atomic E-state index is 13.7. The van der Waals surface area contributed by atoms with Crippen LogP contribution >= 0.6 is 47.0 Å². The van der Waals surface area contributed by atoms with Crippen LogP contribution in [0.15, 0.2) is 54.7 Å². The number of aryl methyl sites for hydroxylation is 2. The number of aromatic nitrogens is 1. The minimum atomic E-state index is -4.41. The molecule has 1 atom stereocenters. The molecule has 3 aromatic rings. The number of benzene rings is 2. The Morgan fingerprint density at radius 1 is 1.00 bits per heavy atom. The summed E-state index contributed by atoms with van der Waals surface area (Å²) in [6, 6.07) is 13.1. The number of pyridine rings is 1. The van der Waals surface area contributed by atoms with Gasteiger partial charge in [0.2, 0.25) is 0 Å². The van der Waals surface area contributed by atoms with E-state index < -0.39 is 12.1 Å². The van der Waals surface area contributed by atoms with Gasteiger partial charge < -0.3 is 5.32 Å². The highest BCUT2D eigenvalue weighted by Gasteiger charge is 2.40. The molecular weight excluding hydrogens is 512 g/mol. The van der Waals surface area contributed by atoms with Gasteiger partial charge in [-0.3, -0.25) is 0 Å². The Labute approximate surface area is 211 Å². The van der Waals surface area contributed by atoms with Crippen LogP contribution in [0.1, 0.15) is 40.2 Å². The molecule has 2 aromatic carbocycles. The lowest BCUT2D eigenvalue weighted by Crippen LogP contribution is -2.23. The lowest BCUT2D eigenvalue weighted by Gasteiger charge is -2.21. The predicted molar refractivity (Wildman–Crippen MR) is 133 cm³/mol. The van der Waals surface area contributed by atoms with E-state index in [1.54, 1.807) is 18.3 Å². The number of alkyl halides is 3. The average molecular weight is 532 g/mol. The zero-order valence-corrected chi connectivity index (χ0v) is 20.6. The minimum Gasteiger partial charge on any atom is -0.372 e. The van der Waals surface area contributed by atoms with Crippen molar-refractivity contribution in [3.63, 3.8) is 0 Å². The molecule has 0 aliphatic heterocycles. The second-order valence-corrected chi connectivity index (χ2v) is 9.33. The fourth-order valence-electron chi connectivity index (χ4n) is 3.53. The average Bonchev–Trinajstić information content (AvgIpc) is 2.71. The molecule has 174 valence electrons. The van der Waals surface area contributed by atoms with E-state index in [2.05, 4.69) is 10.3 Å². The molecule has 1 heterocycles. The molecule has 0 saturated carbocycles. The maximum atomic E-state index is 13.7. The Kier molecular flexibility index (Phi) is 8.62. The minimum absolute atomic E-state index is 0.0652. The van der Waals surface area contributed by atoms with Gasteiger partial charge in [0.25, 0.3) is 0 Å². The highest BCUT2D eigenvalue weighted by molar-refractivity contribution is 7.80. The zero-order valence-electron chi connectivity index (χ0n) is 17.5. The van der Waals surface area contributed by atoms with E-state index in [0.29, 0.717) is 16.7 Å². The van der Waals surface area contributed by atoms with E-state index in [1.165, 1.54) is 18.2 Å². The summed E-state index contributed by atoms with van der Waals surface area (Å²) in [6.45, 7) is 2.37. The Morgan fingerprint density at radius 2 is 1.67 bits per heavy atom. The molecule has 0 aliphatic rings. The molecule has 3 rings (SSSR count). The van der Waals surface area contributed by atoms with Crippen molar-refractivity contribution >= 4 is 52.0 Å². The monoisotopic (exact) mass is 530 g/mol. The first-order valence-electron chi connectivity index (χ1n) is 10.0. The second kappa shape index (κ2) is 11.0. The molecule has 2 nitrogen and oxygen atoms in total. The number of hydrogen-bond donors (Lipinski definition) is 1. The third kappa shape index (κ3) is 7.31. The molecular formula is C24H20Cl3F3N2S. The molecule has 1 N–H and O–H groups in total. The van der Waals surface area contributed by atoms with Crippen LogP contribution in [0, 0.1) is 6.92 Å². The van der Waals surface area contributed by atoms with Crippen LogP contribution in [0.25, 0.3) is 0 Å². The van der Waals surface area contributed by atoms with Gasteiger partial charge in [0.1, 0.15) is 10.1 Å². The van der Waals surface area contributed by atoms with Gasteiger partial charge in [0, 0.05) is 28.4 Å². The maximum Gasteiger partial charge on any atom is 0.395 e. The van der Waals surface area contributed by atoms with Crippen molar-refractivity contribution in [1.29, 1.82) is 0 Å². The number of nitrogens with zero attached hydrogens (tertiary/aromatic N) is 1. The molecule has 0 bridgehead atoms. The van der Waals surface area contributed by atoms with E-state index in [1.807, 2.05) is 25.1 Å². The highest BCUT2D eigenvalue weighted by atomic mass is 35.5. The predicted octanol–water partition coefficient (Wildman–Crippen LogP) is 8.09. The Hall–Kier alpha value is -1.86. The molecule has 0 spiro atoms. The van der Waals surface area contributed by atoms with Crippen molar-refractivity contribution in [3.05, 3.63) is 97.7 Å². The topological polar surface area (TPSA) is 24.9 Å². The van der Waals surface area contributed by atoms with Crippen molar-refractivity contribution in [3.8, 4) is 0 Å². The summed E-state index contributed by atoms with van der Waals surface area (Å²) < 4.78 is 41.2. The van der Waals surface area contributed by atoms with Gasteiger partial charge in [-0.05, 0) is 66.3 Å². The summed E-state index contributed by atoms with van der Waals surface area (Å²) in [4.78, 5) is 4.58. The quantitative estimate of drug-likeness (QED) is 0.246. The third-order valence-corrected chi connectivity index (χ3v) is 6.21. The van der Waals surface area contributed by atoms with Gasteiger partial charge in [-0.25, -0.2) is 4.98 Å². The van der Waals surface area contributed by atoms with E-state index in [-0.39, 0.29) is 28.5 Å². The van der Waals surface area contributed by atoms with Gasteiger partial charge in [0.15, 0.2) is 0 Å². The molecule has 0 aliphatic carbocycles. The highest BCUT2D eigenvalue weighted by Crippen LogP contribution is 2.40. The van der Waals surface area contributed by atoms with Crippen molar-refractivity contribution in [2.45, 2.75) is 38.4 Å².